The number of benzene rings is 1. The summed E-state index contributed by atoms with van der Waals surface area (Å²) in [5.74, 6) is 0.205. The highest BCUT2D eigenvalue weighted by Crippen LogP contribution is 2.26. The minimum Gasteiger partial charge on any atom is -0.461 e. The molecule has 1 aromatic carbocycles. The lowest BCUT2D eigenvalue weighted by molar-refractivity contribution is 0.102. The van der Waals surface area contributed by atoms with Gasteiger partial charge in [-0.1, -0.05) is 6.07 Å². The number of thioether (sulfide) groups is 1. The van der Waals surface area contributed by atoms with Gasteiger partial charge >= 0.3 is 0 Å². The summed E-state index contributed by atoms with van der Waals surface area (Å²) in [6, 6.07) is 8.07. The number of anilines is 1. The van der Waals surface area contributed by atoms with Crippen molar-refractivity contribution in [3.63, 3.8) is 0 Å². The normalized spacial score (nSPS) is 10.7. The molecule has 0 spiro atoms. The summed E-state index contributed by atoms with van der Waals surface area (Å²) in [4.78, 5) is 21.4. The molecule has 3 rings (SSSR count). The maximum absolute atomic E-state index is 13.7. The third kappa shape index (κ3) is 3.56. The van der Waals surface area contributed by atoms with E-state index in [1.165, 1.54) is 17.8 Å². The second-order valence-electron chi connectivity index (χ2n) is 5.41. The topological polar surface area (TPSA) is 68.0 Å². The van der Waals surface area contributed by atoms with E-state index >= 15 is 0 Å². The van der Waals surface area contributed by atoms with E-state index in [-0.39, 0.29) is 11.7 Å². The number of amides is 1. The number of aryl methyl sites for hydroxylation is 2. The number of hydrogen-bond donors (Lipinski definition) is 1. The quantitative estimate of drug-likeness (QED) is 0.551. The average Bonchev–Trinajstić information content (AvgIpc) is 3.11. The highest BCUT2D eigenvalue weighted by Gasteiger charge is 2.20. The first-order valence-electron chi connectivity index (χ1n) is 7.53. The molecule has 1 amide bonds. The summed E-state index contributed by atoms with van der Waals surface area (Å²) in [6.07, 6.45) is 3.37. The van der Waals surface area contributed by atoms with Gasteiger partial charge < -0.3 is 9.73 Å². The van der Waals surface area contributed by atoms with E-state index in [1.807, 2.05) is 6.26 Å². The lowest BCUT2D eigenvalue weighted by Gasteiger charge is -2.12. The first kappa shape index (κ1) is 17.2. The predicted molar refractivity (Wildman–Crippen MR) is 95.3 cm³/mol. The van der Waals surface area contributed by atoms with E-state index in [9.17, 15) is 9.18 Å². The molecule has 0 atom stereocenters. The fourth-order valence-electron chi connectivity index (χ4n) is 2.34. The molecular weight excluding hydrogens is 341 g/mol. The molecule has 2 aromatic heterocycles. The van der Waals surface area contributed by atoms with E-state index in [2.05, 4.69) is 15.3 Å². The van der Waals surface area contributed by atoms with Gasteiger partial charge in [-0.05, 0) is 49.9 Å². The Labute approximate surface area is 148 Å². The molecule has 0 bridgehead atoms. The van der Waals surface area contributed by atoms with Gasteiger partial charge in [0.15, 0.2) is 11.6 Å². The van der Waals surface area contributed by atoms with Gasteiger partial charge in [-0.25, -0.2) is 14.4 Å². The molecule has 0 saturated heterocycles. The number of nitrogens with one attached hydrogen (secondary N) is 1. The zero-order chi connectivity index (χ0) is 18.0. The molecule has 3 aromatic rings. The van der Waals surface area contributed by atoms with Crippen molar-refractivity contribution in [1.29, 1.82) is 0 Å². The monoisotopic (exact) mass is 357 g/mol. The summed E-state index contributed by atoms with van der Waals surface area (Å²) in [5.41, 5.74) is 1.79. The van der Waals surface area contributed by atoms with Crippen LogP contribution in [0.2, 0.25) is 0 Å². The van der Waals surface area contributed by atoms with Gasteiger partial charge in [0.25, 0.3) is 5.91 Å². The van der Waals surface area contributed by atoms with Crippen molar-refractivity contribution in [3.8, 4) is 11.6 Å². The Kier molecular flexibility index (Phi) is 4.85. The van der Waals surface area contributed by atoms with Gasteiger partial charge in [-0.15, -0.1) is 11.8 Å². The maximum Gasteiger partial charge on any atom is 0.260 e. The standard InChI is InChI=1S/C18H16FN3O2S/c1-10-6-7-12(9-13(10)19)21-17(23)15-11(2)20-16(22-18(15)25-3)14-5-4-8-24-14/h4-9H,1-3H3,(H,21,23). The molecular formula is C18H16FN3O2S. The molecule has 25 heavy (non-hydrogen) atoms. The van der Waals surface area contributed by atoms with Crippen LogP contribution in [0.4, 0.5) is 10.1 Å². The first-order chi connectivity index (χ1) is 12.0. The summed E-state index contributed by atoms with van der Waals surface area (Å²) in [6.45, 7) is 3.40. The number of halogens is 1. The van der Waals surface area contributed by atoms with Crippen LogP contribution in [0.1, 0.15) is 21.6 Å². The summed E-state index contributed by atoms with van der Waals surface area (Å²) in [7, 11) is 0. The van der Waals surface area contributed by atoms with Crippen LogP contribution in [0.5, 0.6) is 0 Å². The van der Waals surface area contributed by atoms with Gasteiger partial charge in [0.2, 0.25) is 0 Å². The fraction of sp³-hybridized carbons (Fsp3) is 0.167. The predicted octanol–water partition coefficient (Wildman–Crippen LogP) is 4.47. The van der Waals surface area contributed by atoms with Crippen LogP contribution in [0.25, 0.3) is 11.6 Å². The van der Waals surface area contributed by atoms with Crippen LogP contribution in [-0.4, -0.2) is 22.1 Å². The molecule has 0 aliphatic carbocycles. The number of hydrogen-bond acceptors (Lipinski definition) is 5. The molecule has 7 heteroatoms. The highest BCUT2D eigenvalue weighted by molar-refractivity contribution is 7.98. The number of furan rings is 1. The van der Waals surface area contributed by atoms with Crippen LogP contribution in [-0.2, 0) is 0 Å². The molecule has 0 aliphatic rings. The Bertz CT molecular complexity index is 926. The van der Waals surface area contributed by atoms with Crippen LogP contribution in [0, 0.1) is 19.7 Å². The molecule has 2 heterocycles. The molecule has 0 radical (unpaired) electrons. The van der Waals surface area contributed by atoms with Gasteiger partial charge in [0.1, 0.15) is 10.8 Å². The Morgan fingerprint density at radius 2 is 2.04 bits per heavy atom. The van der Waals surface area contributed by atoms with Crippen molar-refractivity contribution in [2.24, 2.45) is 0 Å². The third-order valence-corrected chi connectivity index (χ3v) is 4.33. The number of carbonyl (C=O) groups is 1. The largest absolute Gasteiger partial charge is 0.461 e. The average molecular weight is 357 g/mol. The molecule has 5 nitrogen and oxygen atoms in total. The second kappa shape index (κ2) is 7.06. The smallest absolute Gasteiger partial charge is 0.260 e. The van der Waals surface area contributed by atoms with Gasteiger partial charge in [0.05, 0.1) is 17.5 Å². The first-order valence-corrected chi connectivity index (χ1v) is 8.76. The van der Waals surface area contributed by atoms with Crippen LogP contribution >= 0.6 is 11.8 Å². The maximum atomic E-state index is 13.7. The third-order valence-electron chi connectivity index (χ3n) is 3.65. The Balaban J connectivity index is 1.95. The van der Waals surface area contributed by atoms with Crippen LogP contribution in [0.3, 0.4) is 0 Å². The minimum atomic E-state index is -0.379. The van der Waals surface area contributed by atoms with Crippen LogP contribution in [0.15, 0.2) is 46.0 Å². The Morgan fingerprint density at radius 3 is 2.68 bits per heavy atom. The van der Waals surface area contributed by atoms with Crippen LogP contribution < -0.4 is 5.32 Å². The fourth-order valence-corrected chi connectivity index (χ4v) is 2.96. The molecule has 0 aliphatic heterocycles. The molecule has 0 unspecified atom stereocenters. The van der Waals surface area contributed by atoms with E-state index < -0.39 is 0 Å². The van der Waals surface area contributed by atoms with Gasteiger partial charge in [-0.2, -0.15) is 0 Å². The summed E-state index contributed by atoms with van der Waals surface area (Å²) >= 11 is 1.34. The van der Waals surface area contributed by atoms with E-state index in [0.717, 1.165) is 0 Å². The molecule has 0 saturated carbocycles. The number of aromatic nitrogens is 2. The van der Waals surface area contributed by atoms with Crippen molar-refractivity contribution < 1.29 is 13.6 Å². The highest BCUT2D eigenvalue weighted by atomic mass is 32.2. The summed E-state index contributed by atoms with van der Waals surface area (Å²) < 4.78 is 19.0. The molecule has 0 fully saturated rings. The second-order valence-corrected chi connectivity index (χ2v) is 6.21. The van der Waals surface area contributed by atoms with Gasteiger partial charge in [0, 0.05) is 5.69 Å². The van der Waals surface area contributed by atoms with Crippen molar-refractivity contribution >= 4 is 23.4 Å². The van der Waals surface area contributed by atoms with E-state index in [0.29, 0.717) is 39.1 Å². The van der Waals surface area contributed by atoms with E-state index in [1.54, 1.807) is 44.4 Å². The molecule has 128 valence electrons. The van der Waals surface area contributed by atoms with Gasteiger partial charge in [-0.3, -0.25) is 4.79 Å². The number of nitrogens with zero attached hydrogens (tertiary/aromatic N) is 2. The lowest BCUT2D eigenvalue weighted by atomic mass is 10.2. The van der Waals surface area contributed by atoms with E-state index in [4.69, 9.17) is 4.42 Å². The molecule has 1 N–H and O–H groups in total. The van der Waals surface area contributed by atoms with Crippen molar-refractivity contribution in [2.45, 2.75) is 18.9 Å². The SMILES string of the molecule is CSc1nc(-c2ccco2)nc(C)c1C(=O)Nc1ccc(C)c(F)c1. The Hall–Kier alpha value is -2.67. The Morgan fingerprint density at radius 1 is 1.24 bits per heavy atom. The van der Waals surface area contributed by atoms with Crippen molar-refractivity contribution in [1.82, 2.24) is 9.97 Å². The summed E-state index contributed by atoms with van der Waals surface area (Å²) in [5, 5.41) is 3.23. The number of carbonyl (C=O) groups excluding carboxylic acids is 1. The zero-order valence-corrected chi connectivity index (χ0v) is 14.8. The van der Waals surface area contributed by atoms with Crippen molar-refractivity contribution in [2.75, 3.05) is 11.6 Å². The lowest BCUT2D eigenvalue weighted by Crippen LogP contribution is -2.17. The number of rotatable bonds is 4. The zero-order valence-electron chi connectivity index (χ0n) is 14.0. The van der Waals surface area contributed by atoms with Crippen molar-refractivity contribution in [3.05, 3.63) is 59.2 Å². The minimum absolute atomic E-state index is 0.365.